The van der Waals surface area contributed by atoms with Crippen LogP contribution in [0.2, 0.25) is 0 Å². The van der Waals surface area contributed by atoms with Crippen molar-refractivity contribution in [3.63, 3.8) is 0 Å². The van der Waals surface area contributed by atoms with E-state index in [0.29, 0.717) is 18.1 Å². The lowest BCUT2D eigenvalue weighted by atomic mass is 10.2. The van der Waals surface area contributed by atoms with Gasteiger partial charge in [0.15, 0.2) is 0 Å². The number of hydrogen-bond acceptors (Lipinski definition) is 7. The molecule has 3 aromatic carbocycles. The Hall–Kier alpha value is -4.96. The molecule has 0 radical (unpaired) electrons. The van der Waals surface area contributed by atoms with Crippen LogP contribution < -0.4 is 0 Å². The molecule has 10 heteroatoms. The van der Waals surface area contributed by atoms with Crippen molar-refractivity contribution in [1.82, 2.24) is 29.8 Å². The minimum Gasteiger partial charge on any atom is -0.291 e. The summed E-state index contributed by atoms with van der Waals surface area (Å²) in [6.45, 7) is 0.324. The van der Waals surface area contributed by atoms with Crippen LogP contribution >= 0.6 is 11.3 Å². The first kappa shape index (κ1) is 22.5. The first-order valence-electron chi connectivity index (χ1n) is 11.5. The van der Waals surface area contributed by atoms with Crippen molar-refractivity contribution in [2.75, 3.05) is 0 Å². The van der Waals surface area contributed by atoms with E-state index in [1.165, 1.54) is 16.9 Å². The van der Waals surface area contributed by atoms with Crippen molar-refractivity contribution in [3.05, 3.63) is 118 Å². The molecule has 0 aliphatic rings. The number of nitro groups is 1. The molecule has 9 nitrogen and oxygen atoms in total. The van der Waals surface area contributed by atoms with Crippen molar-refractivity contribution in [1.29, 1.82) is 0 Å². The molecule has 6 aromatic rings. The third-order valence-corrected chi connectivity index (χ3v) is 6.69. The van der Waals surface area contributed by atoms with E-state index in [1.807, 2.05) is 72.1 Å². The Kier molecular flexibility index (Phi) is 5.83. The van der Waals surface area contributed by atoms with E-state index < -0.39 is 4.92 Å². The first-order valence-corrected chi connectivity index (χ1v) is 12.3. The third kappa shape index (κ3) is 4.41. The summed E-state index contributed by atoms with van der Waals surface area (Å²) >= 11 is 1.62. The van der Waals surface area contributed by atoms with Crippen molar-refractivity contribution in [2.24, 2.45) is 0 Å². The lowest BCUT2D eigenvalue weighted by molar-refractivity contribution is -0.384. The average Bonchev–Trinajstić information content (AvgIpc) is 3.70. The molecule has 3 aromatic heterocycles. The second kappa shape index (κ2) is 9.59. The van der Waals surface area contributed by atoms with Gasteiger partial charge in [0, 0.05) is 23.4 Å². The second-order valence-corrected chi connectivity index (χ2v) is 9.16. The minimum absolute atomic E-state index is 0.0384. The van der Waals surface area contributed by atoms with Gasteiger partial charge in [-0.05, 0) is 34.4 Å². The van der Waals surface area contributed by atoms with Crippen LogP contribution in [0.5, 0.6) is 0 Å². The van der Waals surface area contributed by atoms with E-state index in [2.05, 4.69) is 26.0 Å². The van der Waals surface area contributed by atoms with E-state index in [1.54, 1.807) is 23.5 Å². The highest BCUT2D eigenvalue weighted by Gasteiger charge is 2.25. The number of non-ortho nitro benzene ring substituents is 1. The molecule has 6 rings (SSSR count). The highest BCUT2D eigenvalue weighted by molar-refractivity contribution is 7.13. The summed E-state index contributed by atoms with van der Waals surface area (Å²) < 4.78 is 2.13. The van der Waals surface area contributed by atoms with E-state index in [9.17, 15) is 10.1 Å². The van der Waals surface area contributed by atoms with Crippen LogP contribution in [0.1, 0.15) is 5.56 Å². The van der Waals surface area contributed by atoms with Crippen molar-refractivity contribution >= 4 is 17.0 Å². The van der Waals surface area contributed by atoms with Crippen LogP contribution in [0.25, 0.3) is 39.2 Å². The molecular weight excluding hydrogens is 486 g/mol. The fourth-order valence-corrected chi connectivity index (χ4v) is 4.88. The van der Waals surface area contributed by atoms with Gasteiger partial charge >= 0.3 is 0 Å². The van der Waals surface area contributed by atoms with Crippen molar-refractivity contribution in [3.8, 4) is 39.2 Å². The summed E-state index contributed by atoms with van der Waals surface area (Å²) in [5.74, 6) is 1.18. The average molecular weight is 506 g/mol. The van der Waals surface area contributed by atoms with Gasteiger partial charge in [0.05, 0.1) is 22.0 Å². The number of hydrogen-bond donors (Lipinski definition) is 0. The zero-order valence-corrected chi connectivity index (χ0v) is 20.2. The van der Waals surface area contributed by atoms with Gasteiger partial charge in [0.25, 0.3) is 5.69 Å². The lowest BCUT2D eigenvalue weighted by Gasteiger charge is -2.12. The second-order valence-electron chi connectivity index (χ2n) is 8.21. The zero-order valence-electron chi connectivity index (χ0n) is 19.4. The molecular formula is C27H19N7O2S. The van der Waals surface area contributed by atoms with Crippen molar-refractivity contribution in [2.45, 2.75) is 6.54 Å². The predicted molar refractivity (Wildman–Crippen MR) is 141 cm³/mol. The monoisotopic (exact) mass is 505 g/mol. The molecule has 0 spiro atoms. The number of benzene rings is 3. The smallest absolute Gasteiger partial charge is 0.269 e. The molecule has 0 fully saturated rings. The SMILES string of the molecule is O=[N+]([O-])c1ccc(Cn2nnc(-c3nc(-c4ccccc4)n(-c4ccccc4)c3-c3cccs3)n2)cc1. The topological polar surface area (TPSA) is 105 Å². The number of imidazole rings is 1. The number of nitro benzene ring substituents is 1. The molecule has 3 heterocycles. The molecule has 0 aliphatic carbocycles. The number of thiophene rings is 1. The van der Waals surface area contributed by atoms with Gasteiger partial charge in [-0.25, -0.2) is 4.98 Å². The van der Waals surface area contributed by atoms with Crippen LogP contribution in [0, 0.1) is 10.1 Å². The summed E-state index contributed by atoms with van der Waals surface area (Å²) in [5.41, 5.74) is 4.31. The molecule has 37 heavy (non-hydrogen) atoms. The summed E-state index contributed by atoms with van der Waals surface area (Å²) in [6, 6.07) is 30.5. The van der Waals surface area contributed by atoms with Crippen LogP contribution in [0.15, 0.2) is 102 Å². The molecule has 0 saturated carbocycles. The quantitative estimate of drug-likeness (QED) is 0.198. The number of aromatic nitrogens is 6. The molecule has 0 bridgehead atoms. The molecule has 0 aliphatic heterocycles. The summed E-state index contributed by atoms with van der Waals surface area (Å²) in [4.78, 5) is 18.1. The largest absolute Gasteiger partial charge is 0.291 e. The summed E-state index contributed by atoms with van der Waals surface area (Å²) in [7, 11) is 0. The summed E-state index contributed by atoms with van der Waals surface area (Å²) in [6.07, 6.45) is 0. The fourth-order valence-electron chi connectivity index (χ4n) is 4.12. The lowest BCUT2D eigenvalue weighted by Crippen LogP contribution is -2.04. The molecule has 180 valence electrons. The van der Waals surface area contributed by atoms with E-state index >= 15 is 0 Å². The van der Waals surface area contributed by atoms with Gasteiger partial charge in [0.1, 0.15) is 11.5 Å². The molecule has 0 amide bonds. The van der Waals surface area contributed by atoms with Crippen LogP contribution in [-0.2, 0) is 6.54 Å². The number of rotatable bonds is 7. The zero-order chi connectivity index (χ0) is 25.2. The Morgan fingerprint density at radius 2 is 1.59 bits per heavy atom. The number of nitrogens with zero attached hydrogens (tertiary/aromatic N) is 7. The van der Waals surface area contributed by atoms with E-state index in [-0.39, 0.29) is 5.69 Å². The third-order valence-electron chi connectivity index (χ3n) is 5.81. The maximum absolute atomic E-state index is 11.0. The van der Waals surface area contributed by atoms with E-state index in [4.69, 9.17) is 4.98 Å². The van der Waals surface area contributed by atoms with Gasteiger partial charge in [-0.2, -0.15) is 4.80 Å². The number of para-hydroxylation sites is 1. The molecule has 0 saturated heterocycles. The number of tetrazole rings is 1. The summed E-state index contributed by atoms with van der Waals surface area (Å²) in [5, 5.41) is 26.2. The molecule has 0 unspecified atom stereocenters. The Morgan fingerprint density at radius 1 is 0.865 bits per heavy atom. The minimum atomic E-state index is -0.422. The van der Waals surface area contributed by atoms with E-state index in [0.717, 1.165) is 33.2 Å². The Morgan fingerprint density at radius 3 is 2.27 bits per heavy atom. The maximum Gasteiger partial charge on any atom is 0.269 e. The standard InChI is InChI=1S/C27H19N7O2S/c35-34(36)22-15-13-19(14-16-22)18-32-30-26(29-31-32)24-25(23-12-7-17-37-23)33(21-10-5-2-6-11-21)27(28-24)20-8-3-1-4-9-20/h1-17H,18H2. The van der Waals surface area contributed by atoms with Crippen LogP contribution in [0.3, 0.4) is 0 Å². The van der Waals surface area contributed by atoms with Gasteiger partial charge in [-0.1, -0.05) is 66.7 Å². The van der Waals surface area contributed by atoms with Gasteiger partial charge in [-0.3, -0.25) is 14.7 Å². The van der Waals surface area contributed by atoms with Gasteiger partial charge < -0.3 is 0 Å². The Balaban J connectivity index is 1.48. The van der Waals surface area contributed by atoms with Gasteiger partial charge in [-0.15, -0.1) is 21.5 Å². The Labute approximate surface area is 215 Å². The van der Waals surface area contributed by atoms with Crippen molar-refractivity contribution < 1.29 is 4.92 Å². The predicted octanol–water partition coefficient (Wildman–Crippen LogP) is 5.88. The van der Waals surface area contributed by atoms with Crippen LogP contribution in [0.4, 0.5) is 5.69 Å². The molecule has 0 N–H and O–H groups in total. The highest BCUT2D eigenvalue weighted by atomic mass is 32.1. The van der Waals surface area contributed by atoms with Crippen LogP contribution in [-0.4, -0.2) is 34.7 Å². The normalized spacial score (nSPS) is 11.0. The Bertz CT molecular complexity index is 1660. The first-order chi connectivity index (χ1) is 18.2. The van der Waals surface area contributed by atoms with Gasteiger partial charge in [0.2, 0.25) is 5.82 Å². The highest BCUT2D eigenvalue weighted by Crippen LogP contribution is 2.39. The maximum atomic E-state index is 11.0. The molecule has 0 atom stereocenters. The fraction of sp³-hybridized carbons (Fsp3) is 0.0370.